The molecule has 2 aromatic carbocycles. The first-order chi connectivity index (χ1) is 13.7. The Morgan fingerprint density at radius 2 is 1.82 bits per heavy atom. The number of rotatable bonds is 5. The van der Waals surface area contributed by atoms with Crippen molar-refractivity contribution in [3.63, 3.8) is 0 Å². The number of alkyl halides is 1. The Morgan fingerprint density at radius 3 is 2.61 bits per heavy atom. The van der Waals surface area contributed by atoms with Gasteiger partial charge in [0.15, 0.2) is 0 Å². The maximum atomic E-state index is 13.0. The lowest BCUT2D eigenvalue weighted by Crippen LogP contribution is -2.44. The molecule has 0 saturated carbocycles. The van der Waals surface area contributed by atoms with Gasteiger partial charge in [0, 0.05) is 5.56 Å². The molecule has 1 heterocycles. The van der Waals surface area contributed by atoms with E-state index in [1.165, 1.54) is 6.26 Å². The van der Waals surface area contributed by atoms with Crippen molar-refractivity contribution >= 4 is 23.4 Å². The van der Waals surface area contributed by atoms with Crippen LogP contribution in [0.1, 0.15) is 27.5 Å². The van der Waals surface area contributed by atoms with Crippen molar-refractivity contribution in [2.75, 3.05) is 5.88 Å². The first kappa shape index (κ1) is 18.3. The zero-order chi connectivity index (χ0) is 19.5. The Labute approximate surface area is 166 Å². The average molecular weight is 396 g/mol. The van der Waals surface area contributed by atoms with E-state index >= 15 is 0 Å². The molecule has 0 bridgehead atoms. The van der Waals surface area contributed by atoms with Gasteiger partial charge in [0.05, 0.1) is 12.1 Å². The van der Waals surface area contributed by atoms with Gasteiger partial charge in [-0.15, -0.1) is 11.6 Å². The Morgan fingerprint density at radius 1 is 1.07 bits per heavy atom. The van der Waals surface area contributed by atoms with Crippen molar-refractivity contribution in [1.82, 2.24) is 15.8 Å². The summed E-state index contributed by atoms with van der Waals surface area (Å²) in [7, 11) is 0. The van der Waals surface area contributed by atoms with E-state index in [0.717, 1.165) is 16.7 Å². The molecule has 0 fully saturated rings. The molecule has 6 nitrogen and oxygen atoms in total. The summed E-state index contributed by atoms with van der Waals surface area (Å²) in [5.74, 6) is -0.719. The zero-order valence-electron chi connectivity index (χ0n) is 14.9. The molecule has 3 aromatic rings. The average Bonchev–Trinajstić information content (AvgIpc) is 3.34. The van der Waals surface area contributed by atoms with Crippen molar-refractivity contribution in [2.24, 2.45) is 0 Å². The van der Waals surface area contributed by atoms with E-state index in [9.17, 15) is 9.59 Å². The number of hydrogen-bond donors (Lipinski definition) is 2. The molecular formula is C21H18ClN3O3. The molecule has 0 radical (unpaired) electrons. The minimum Gasteiger partial charge on any atom is -0.363 e. The maximum absolute atomic E-state index is 13.0. The van der Waals surface area contributed by atoms with Gasteiger partial charge in [0.1, 0.15) is 23.4 Å². The van der Waals surface area contributed by atoms with Crippen molar-refractivity contribution in [2.45, 2.75) is 18.5 Å². The second-order valence-corrected chi connectivity index (χ2v) is 6.87. The van der Waals surface area contributed by atoms with Crippen LogP contribution in [0.5, 0.6) is 0 Å². The van der Waals surface area contributed by atoms with E-state index < -0.39 is 0 Å². The van der Waals surface area contributed by atoms with Gasteiger partial charge < -0.3 is 15.2 Å². The summed E-state index contributed by atoms with van der Waals surface area (Å²) >= 11 is 5.66. The lowest BCUT2D eigenvalue weighted by atomic mass is 10.1. The molecule has 0 aliphatic heterocycles. The first-order valence-electron chi connectivity index (χ1n) is 8.91. The molecular weight excluding hydrogens is 378 g/mol. The van der Waals surface area contributed by atoms with Crippen LogP contribution in [-0.4, -0.2) is 28.9 Å². The van der Waals surface area contributed by atoms with Crippen LogP contribution in [0, 0.1) is 0 Å². The predicted octanol–water partition coefficient (Wildman–Crippen LogP) is 3.09. The number of nitrogens with one attached hydrogen (secondary N) is 2. The van der Waals surface area contributed by atoms with Crippen molar-refractivity contribution in [1.29, 1.82) is 0 Å². The Kier molecular flexibility index (Phi) is 5.12. The SMILES string of the molecule is O=C(CCl)N[C@@H]1c2ccccc2C[C@H]1NC(=O)c1conc1-c1ccccc1. The molecule has 1 aliphatic carbocycles. The van der Waals surface area contributed by atoms with Crippen LogP contribution >= 0.6 is 11.6 Å². The third-order valence-electron chi connectivity index (χ3n) is 4.85. The number of nitrogens with zero attached hydrogens (tertiary/aromatic N) is 1. The van der Waals surface area contributed by atoms with Crippen LogP contribution in [0.15, 0.2) is 65.4 Å². The van der Waals surface area contributed by atoms with Crippen LogP contribution < -0.4 is 10.6 Å². The van der Waals surface area contributed by atoms with Gasteiger partial charge in [-0.2, -0.15) is 0 Å². The zero-order valence-corrected chi connectivity index (χ0v) is 15.6. The van der Waals surface area contributed by atoms with Crippen molar-refractivity contribution in [3.8, 4) is 11.3 Å². The highest BCUT2D eigenvalue weighted by Gasteiger charge is 2.35. The summed E-state index contributed by atoms with van der Waals surface area (Å²) in [6.45, 7) is 0. The Hall–Kier alpha value is -3.12. The molecule has 4 rings (SSSR count). The fourth-order valence-corrected chi connectivity index (χ4v) is 3.65. The number of benzene rings is 2. The van der Waals surface area contributed by atoms with Crippen LogP contribution in [0.4, 0.5) is 0 Å². The first-order valence-corrected chi connectivity index (χ1v) is 9.44. The summed E-state index contributed by atoms with van der Waals surface area (Å²) in [6.07, 6.45) is 1.95. The second-order valence-electron chi connectivity index (χ2n) is 6.60. The number of carbonyl (C=O) groups is 2. The minimum atomic E-state index is -0.341. The maximum Gasteiger partial charge on any atom is 0.257 e. The van der Waals surface area contributed by atoms with Crippen LogP contribution in [0.3, 0.4) is 0 Å². The molecule has 2 amide bonds. The smallest absolute Gasteiger partial charge is 0.257 e. The second kappa shape index (κ2) is 7.86. The molecule has 0 saturated heterocycles. The van der Waals surface area contributed by atoms with Gasteiger partial charge in [0.25, 0.3) is 5.91 Å². The Bertz CT molecular complexity index is 1000. The molecule has 2 N–H and O–H groups in total. The third kappa shape index (κ3) is 3.51. The molecule has 7 heteroatoms. The van der Waals surface area contributed by atoms with Gasteiger partial charge in [-0.3, -0.25) is 9.59 Å². The van der Waals surface area contributed by atoms with Crippen LogP contribution in [0.25, 0.3) is 11.3 Å². The Balaban J connectivity index is 1.58. The van der Waals surface area contributed by atoms with Gasteiger partial charge in [-0.05, 0) is 17.5 Å². The minimum absolute atomic E-state index is 0.136. The lowest BCUT2D eigenvalue weighted by molar-refractivity contribution is -0.119. The molecule has 1 aromatic heterocycles. The largest absolute Gasteiger partial charge is 0.363 e. The van der Waals surface area contributed by atoms with Gasteiger partial charge in [-0.25, -0.2) is 0 Å². The molecule has 142 valence electrons. The van der Waals surface area contributed by atoms with E-state index in [1.807, 2.05) is 54.6 Å². The van der Waals surface area contributed by atoms with E-state index in [0.29, 0.717) is 17.7 Å². The normalized spacial score (nSPS) is 17.8. The number of halogens is 1. The number of amides is 2. The van der Waals surface area contributed by atoms with Crippen molar-refractivity contribution < 1.29 is 14.1 Å². The fourth-order valence-electron chi connectivity index (χ4n) is 3.57. The van der Waals surface area contributed by atoms with E-state index in [2.05, 4.69) is 15.8 Å². The molecule has 1 aliphatic rings. The number of fused-ring (bicyclic) bond motifs is 1. The fraction of sp³-hybridized carbons (Fsp3) is 0.190. The highest BCUT2D eigenvalue weighted by molar-refractivity contribution is 6.27. The van der Waals surface area contributed by atoms with Gasteiger partial charge >= 0.3 is 0 Å². The standard InChI is InChI=1S/C21H18ClN3O3/c22-11-18(26)24-20-15-9-5-4-8-14(15)10-17(20)23-21(27)16-12-28-25-19(16)13-6-2-1-3-7-13/h1-9,12,17,20H,10-11H2,(H,23,27)(H,24,26)/t17-,20-/m1/s1. The highest BCUT2D eigenvalue weighted by Crippen LogP contribution is 2.32. The summed E-state index contributed by atoms with van der Waals surface area (Å²) in [4.78, 5) is 24.9. The number of hydrogen-bond acceptors (Lipinski definition) is 4. The molecule has 2 atom stereocenters. The summed E-state index contributed by atoms with van der Waals surface area (Å²) in [5, 5.41) is 9.91. The lowest BCUT2D eigenvalue weighted by Gasteiger charge is -2.22. The van der Waals surface area contributed by atoms with Crippen molar-refractivity contribution in [3.05, 3.63) is 77.6 Å². The topological polar surface area (TPSA) is 84.2 Å². The molecule has 0 unspecified atom stereocenters. The van der Waals surface area contributed by atoms with E-state index in [-0.39, 0.29) is 29.8 Å². The van der Waals surface area contributed by atoms with E-state index in [4.69, 9.17) is 16.1 Å². The highest BCUT2D eigenvalue weighted by atomic mass is 35.5. The number of carbonyl (C=O) groups excluding carboxylic acids is 2. The molecule has 0 spiro atoms. The summed E-state index contributed by atoms with van der Waals surface area (Å²) in [6, 6.07) is 16.5. The van der Waals surface area contributed by atoms with E-state index in [1.54, 1.807) is 0 Å². The summed E-state index contributed by atoms with van der Waals surface area (Å²) in [5.41, 5.74) is 3.70. The third-order valence-corrected chi connectivity index (χ3v) is 5.09. The summed E-state index contributed by atoms with van der Waals surface area (Å²) < 4.78 is 5.06. The van der Waals surface area contributed by atoms with Crippen LogP contribution in [0.2, 0.25) is 0 Å². The monoisotopic (exact) mass is 395 g/mol. The molecule has 28 heavy (non-hydrogen) atoms. The van der Waals surface area contributed by atoms with Gasteiger partial charge in [-0.1, -0.05) is 59.8 Å². The predicted molar refractivity (Wildman–Crippen MR) is 105 cm³/mol. The van der Waals surface area contributed by atoms with Gasteiger partial charge in [0.2, 0.25) is 5.91 Å². The van der Waals surface area contributed by atoms with Crippen LogP contribution in [-0.2, 0) is 11.2 Å². The number of aromatic nitrogens is 1. The quantitative estimate of drug-likeness (QED) is 0.650.